The van der Waals surface area contributed by atoms with Crippen molar-refractivity contribution < 1.29 is 14.3 Å². The van der Waals surface area contributed by atoms with Crippen molar-refractivity contribution >= 4 is 23.4 Å². The molecule has 1 saturated carbocycles. The highest BCUT2D eigenvalue weighted by atomic mass is 16.6. The molecule has 0 radical (unpaired) electrons. The van der Waals surface area contributed by atoms with Gasteiger partial charge in [-0.15, -0.1) is 0 Å². The molecule has 134 valence electrons. The highest BCUT2D eigenvalue weighted by molar-refractivity contribution is 6.08. The molecule has 0 atom stereocenters. The first kappa shape index (κ1) is 16.2. The smallest absolute Gasteiger partial charge is 0.410 e. The quantitative estimate of drug-likeness (QED) is 0.852. The highest BCUT2D eigenvalue weighted by Gasteiger charge is 2.56. The molecular weight excluding hydrogens is 318 g/mol. The maximum absolute atomic E-state index is 12.2. The second kappa shape index (κ2) is 5.38. The SMILES string of the molecule is CC(C)(C)OC(=O)N1CCN(c2ccc3c(c2)C2(CC2)C(=O)N3)CC1. The van der Waals surface area contributed by atoms with Crippen molar-refractivity contribution in [2.24, 2.45) is 0 Å². The zero-order chi connectivity index (χ0) is 17.8. The normalized spacial score (nSPS) is 21.2. The summed E-state index contributed by atoms with van der Waals surface area (Å²) in [7, 11) is 0. The Labute approximate surface area is 148 Å². The Balaban J connectivity index is 1.43. The molecule has 0 bridgehead atoms. The maximum atomic E-state index is 12.2. The molecule has 1 aromatic carbocycles. The zero-order valence-corrected chi connectivity index (χ0v) is 15.1. The summed E-state index contributed by atoms with van der Waals surface area (Å²) >= 11 is 0. The topological polar surface area (TPSA) is 61.9 Å². The van der Waals surface area contributed by atoms with Crippen LogP contribution < -0.4 is 10.2 Å². The van der Waals surface area contributed by atoms with Crippen LogP contribution in [0.5, 0.6) is 0 Å². The second-order valence-corrected chi connectivity index (χ2v) is 8.22. The Kier molecular flexibility index (Phi) is 3.49. The molecule has 0 unspecified atom stereocenters. The summed E-state index contributed by atoms with van der Waals surface area (Å²) in [6.45, 7) is 8.49. The predicted molar refractivity (Wildman–Crippen MR) is 96.0 cm³/mol. The number of rotatable bonds is 1. The fourth-order valence-corrected chi connectivity index (χ4v) is 3.69. The van der Waals surface area contributed by atoms with Gasteiger partial charge in [-0.2, -0.15) is 0 Å². The van der Waals surface area contributed by atoms with E-state index in [1.807, 2.05) is 26.8 Å². The summed E-state index contributed by atoms with van der Waals surface area (Å²) in [6.07, 6.45) is 1.65. The van der Waals surface area contributed by atoms with Gasteiger partial charge in [0.25, 0.3) is 0 Å². The molecule has 3 aliphatic rings. The van der Waals surface area contributed by atoms with Gasteiger partial charge in [-0.05, 0) is 57.4 Å². The predicted octanol–water partition coefficient (Wildman–Crippen LogP) is 2.73. The third-order valence-electron chi connectivity index (χ3n) is 5.25. The number of hydrogen-bond donors (Lipinski definition) is 1. The number of hydrogen-bond acceptors (Lipinski definition) is 4. The molecule has 1 spiro atoms. The van der Waals surface area contributed by atoms with Gasteiger partial charge < -0.3 is 19.9 Å². The Morgan fingerprint density at radius 2 is 1.84 bits per heavy atom. The van der Waals surface area contributed by atoms with E-state index in [2.05, 4.69) is 22.3 Å². The molecule has 6 nitrogen and oxygen atoms in total. The Morgan fingerprint density at radius 3 is 2.44 bits per heavy atom. The molecule has 2 fully saturated rings. The number of nitrogens with zero attached hydrogens (tertiary/aromatic N) is 2. The summed E-state index contributed by atoms with van der Waals surface area (Å²) < 4.78 is 5.45. The number of fused-ring (bicyclic) bond motifs is 2. The monoisotopic (exact) mass is 343 g/mol. The lowest BCUT2D eigenvalue weighted by atomic mass is 9.97. The third-order valence-corrected chi connectivity index (χ3v) is 5.25. The van der Waals surface area contributed by atoms with Crippen molar-refractivity contribution in [2.45, 2.75) is 44.6 Å². The first-order valence-electron chi connectivity index (χ1n) is 8.97. The number of carbonyl (C=O) groups excluding carboxylic acids is 2. The Hall–Kier alpha value is -2.24. The second-order valence-electron chi connectivity index (χ2n) is 8.22. The standard InChI is InChI=1S/C19H25N3O3/c1-18(2,3)25-17(24)22-10-8-21(9-11-22)13-4-5-15-14(12-13)19(6-7-19)16(23)20-15/h4-5,12H,6-11H2,1-3H3,(H,20,23). The van der Waals surface area contributed by atoms with Gasteiger partial charge in [0.1, 0.15) is 5.60 Å². The van der Waals surface area contributed by atoms with Crippen LogP contribution in [0.4, 0.5) is 16.2 Å². The van der Waals surface area contributed by atoms with Crippen LogP contribution in [0.25, 0.3) is 0 Å². The van der Waals surface area contributed by atoms with Gasteiger partial charge in [0.2, 0.25) is 5.91 Å². The molecule has 4 rings (SSSR count). The van der Waals surface area contributed by atoms with E-state index in [1.54, 1.807) is 4.90 Å². The Bertz CT molecular complexity index is 726. The van der Waals surface area contributed by atoms with Crippen LogP contribution in [0, 0.1) is 0 Å². The molecule has 2 heterocycles. The molecule has 2 aliphatic heterocycles. The number of carbonyl (C=O) groups is 2. The fourth-order valence-electron chi connectivity index (χ4n) is 3.69. The van der Waals surface area contributed by atoms with Crippen molar-refractivity contribution in [1.82, 2.24) is 4.90 Å². The van der Waals surface area contributed by atoms with E-state index in [1.165, 1.54) is 0 Å². The van der Waals surface area contributed by atoms with E-state index in [0.29, 0.717) is 13.1 Å². The number of ether oxygens (including phenoxy) is 1. The third kappa shape index (κ3) is 2.83. The van der Waals surface area contributed by atoms with Crippen LogP contribution in [0.15, 0.2) is 18.2 Å². The summed E-state index contributed by atoms with van der Waals surface area (Å²) in [5, 5.41) is 3.00. The summed E-state index contributed by atoms with van der Waals surface area (Å²) in [5.41, 5.74) is 2.50. The van der Waals surface area contributed by atoms with Crippen LogP contribution in [0.1, 0.15) is 39.2 Å². The minimum Gasteiger partial charge on any atom is -0.444 e. The van der Waals surface area contributed by atoms with Gasteiger partial charge in [0.05, 0.1) is 5.41 Å². The molecule has 25 heavy (non-hydrogen) atoms. The van der Waals surface area contributed by atoms with Gasteiger partial charge in [-0.3, -0.25) is 4.79 Å². The van der Waals surface area contributed by atoms with Crippen LogP contribution in [-0.4, -0.2) is 48.7 Å². The number of nitrogens with one attached hydrogen (secondary N) is 1. The van der Waals surface area contributed by atoms with Gasteiger partial charge in [0.15, 0.2) is 0 Å². The number of amides is 2. The first-order chi connectivity index (χ1) is 11.8. The molecule has 6 heteroatoms. The van der Waals surface area contributed by atoms with Gasteiger partial charge in [-0.25, -0.2) is 4.79 Å². The number of anilines is 2. The Morgan fingerprint density at radius 1 is 1.16 bits per heavy atom. The molecule has 1 N–H and O–H groups in total. The molecule has 1 aliphatic carbocycles. The van der Waals surface area contributed by atoms with E-state index >= 15 is 0 Å². The maximum Gasteiger partial charge on any atom is 0.410 e. The van der Waals surface area contributed by atoms with Crippen LogP contribution in [0.2, 0.25) is 0 Å². The lowest BCUT2D eigenvalue weighted by Gasteiger charge is -2.37. The van der Waals surface area contributed by atoms with Crippen molar-refractivity contribution in [3.8, 4) is 0 Å². The lowest BCUT2D eigenvalue weighted by molar-refractivity contribution is -0.117. The van der Waals surface area contributed by atoms with Crippen molar-refractivity contribution in [3.05, 3.63) is 23.8 Å². The van der Waals surface area contributed by atoms with Gasteiger partial charge in [-0.1, -0.05) is 0 Å². The van der Waals surface area contributed by atoms with Crippen LogP contribution in [-0.2, 0) is 14.9 Å². The average molecular weight is 343 g/mol. The van der Waals surface area contributed by atoms with Gasteiger partial charge in [0, 0.05) is 37.6 Å². The minimum absolute atomic E-state index is 0.148. The molecule has 1 aromatic rings. The molecule has 0 aromatic heterocycles. The van der Waals surface area contributed by atoms with Crippen molar-refractivity contribution in [1.29, 1.82) is 0 Å². The highest BCUT2D eigenvalue weighted by Crippen LogP contribution is 2.55. The van der Waals surface area contributed by atoms with E-state index in [4.69, 9.17) is 4.74 Å². The minimum atomic E-state index is -0.466. The first-order valence-corrected chi connectivity index (χ1v) is 8.97. The largest absolute Gasteiger partial charge is 0.444 e. The van der Waals surface area contributed by atoms with Crippen molar-refractivity contribution in [2.75, 3.05) is 36.4 Å². The van der Waals surface area contributed by atoms with E-state index in [9.17, 15) is 9.59 Å². The number of benzene rings is 1. The molecule has 1 saturated heterocycles. The van der Waals surface area contributed by atoms with E-state index in [-0.39, 0.29) is 17.4 Å². The summed E-state index contributed by atoms with van der Waals surface area (Å²) in [6, 6.07) is 6.23. The summed E-state index contributed by atoms with van der Waals surface area (Å²) in [5.74, 6) is 0.148. The van der Waals surface area contributed by atoms with E-state index < -0.39 is 5.60 Å². The molecular formula is C19H25N3O3. The van der Waals surface area contributed by atoms with Crippen LogP contribution in [0.3, 0.4) is 0 Å². The number of piperazine rings is 1. The zero-order valence-electron chi connectivity index (χ0n) is 15.1. The average Bonchev–Trinajstić information content (AvgIpc) is 3.30. The van der Waals surface area contributed by atoms with Gasteiger partial charge >= 0.3 is 6.09 Å². The lowest BCUT2D eigenvalue weighted by Crippen LogP contribution is -2.50. The fraction of sp³-hybridized carbons (Fsp3) is 0.579. The van der Waals surface area contributed by atoms with Crippen LogP contribution >= 0.6 is 0 Å². The van der Waals surface area contributed by atoms with Crippen molar-refractivity contribution in [3.63, 3.8) is 0 Å². The van der Waals surface area contributed by atoms with E-state index in [0.717, 1.165) is 42.9 Å². The molecule has 2 amide bonds. The summed E-state index contributed by atoms with van der Waals surface area (Å²) in [4.78, 5) is 28.4.